The monoisotopic (exact) mass is 339 g/mol. The Labute approximate surface area is 148 Å². The van der Waals surface area contributed by atoms with E-state index in [0.717, 1.165) is 29.5 Å². The summed E-state index contributed by atoms with van der Waals surface area (Å²) < 4.78 is 0. The van der Waals surface area contributed by atoms with Gasteiger partial charge < -0.3 is 15.3 Å². The molecule has 3 rings (SSSR count). The van der Waals surface area contributed by atoms with E-state index in [0.29, 0.717) is 19.0 Å². The van der Waals surface area contributed by atoms with Crippen LogP contribution in [0.15, 0.2) is 48.8 Å². The summed E-state index contributed by atoms with van der Waals surface area (Å²) in [5.41, 5.74) is 3.27. The van der Waals surface area contributed by atoms with Crippen molar-refractivity contribution < 1.29 is 9.90 Å². The molecule has 2 amide bonds. The van der Waals surface area contributed by atoms with Gasteiger partial charge in [0.05, 0.1) is 6.04 Å². The second-order valence-electron chi connectivity index (χ2n) is 6.65. The predicted octanol–water partition coefficient (Wildman–Crippen LogP) is 3.22. The third-order valence-electron chi connectivity index (χ3n) is 4.91. The summed E-state index contributed by atoms with van der Waals surface area (Å²) in [5.74, 6) is 0.335. The Balaban J connectivity index is 1.58. The SMILES string of the molecule is CC(NC(=O)N1CCC(CO)CC1)c1ccc(-c2cccnc2)cc1. The molecule has 2 heterocycles. The molecule has 5 heteroatoms. The van der Waals surface area contributed by atoms with Gasteiger partial charge in [-0.05, 0) is 48.4 Å². The summed E-state index contributed by atoms with van der Waals surface area (Å²) in [6.07, 6.45) is 5.35. The number of nitrogens with zero attached hydrogens (tertiary/aromatic N) is 2. The van der Waals surface area contributed by atoms with E-state index in [4.69, 9.17) is 0 Å². The van der Waals surface area contributed by atoms with Crippen LogP contribution in [0.25, 0.3) is 11.1 Å². The highest BCUT2D eigenvalue weighted by Crippen LogP contribution is 2.22. The minimum absolute atomic E-state index is 0.0276. The molecule has 0 spiro atoms. The molecule has 1 aliphatic rings. The Morgan fingerprint density at radius 3 is 2.56 bits per heavy atom. The lowest BCUT2D eigenvalue weighted by Gasteiger charge is -2.32. The predicted molar refractivity (Wildman–Crippen MR) is 98.0 cm³/mol. The summed E-state index contributed by atoms with van der Waals surface area (Å²) in [6.45, 7) is 3.64. The Morgan fingerprint density at radius 1 is 1.24 bits per heavy atom. The smallest absolute Gasteiger partial charge is 0.317 e. The first-order valence-corrected chi connectivity index (χ1v) is 8.84. The molecule has 0 bridgehead atoms. The molecule has 0 saturated carbocycles. The van der Waals surface area contributed by atoms with E-state index in [2.05, 4.69) is 22.4 Å². The van der Waals surface area contributed by atoms with Gasteiger partial charge in [0, 0.05) is 32.1 Å². The van der Waals surface area contributed by atoms with Crippen molar-refractivity contribution in [2.24, 2.45) is 5.92 Å². The van der Waals surface area contributed by atoms with Gasteiger partial charge in [0.25, 0.3) is 0 Å². The molecule has 2 N–H and O–H groups in total. The van der Waals surface area contributed by atoms with Gasteiger partial charge in [-0.15, -0.1) is 0 Å². The van der Waals surface area contributed by atoms with Crippen LogP contribution >= 0.6 is 0 Å². The van der Waals surface area contributed by atoms with Crippen LogP contribution in [0.4, 0.5) is 4.79 Å². The van der Waals surface area contributed by atoms with Crippen LogP contribution in [0, 0.1) is 5.92 Å². The lowest BCUT2D eigenvalue weighted by atomic mass is 9.98. The van der Waals surface area contributed by atoms with E-state index in [1.165, 1.54) is 0 Å². The molecule has 1 aromatic carbocycles. The maximum Gasteiger partial charge on any atom is 0.317 e. The highest BCUT2D eigenvalue weighted by molar-refractivity contribution is 5.75. The molecule has 1 fully saturated rings. The minimum atomic E-state index is -0.0500. The van der Waals surface area contributed by atoms with Gasteiger partial charge in [0.1, 0.15) is 0 Å². The largest absolute Gasteiger partial charge is 0.396 e. The number of amides is 2. The zero-order valence-electron chi connectivity index (χ0n) is 14.6. The number of carbonyl (C=O) groups is 1. The quantitative estimate of drug-likeness (QED) is 0.899. The Morgan fingerprint density at radius 2 is 1.96 bits per heavy atom. The van der Waals surface area contributed by atoms with Crippen molar-refractivity contribution in [3.63, 3.8) is 0 Å². The van der Waals surface area contributed by atoms with E-state index in [-0.39, 0.29) is 18.7 Å². The van der Waals surface area contributed by atoms with E-state index in [9.17, 15) is 9.90 Å². The molecular weight excluding hydrogens is 314 g/mol. The molecule has 132 valence electrons. The van der Waals surface area contributed by atoms with Gasteiger partial charge in [0.15, 0.2) is 0 Å². The molecule has 2 aromatic rings. The number of benzene rings is 1. The summed E-state index contributed by atoms with van der Waals surface area (Å²) in [5, 5.41) is 12.3. The second kappa shape index (κ2) is 8.12. The number of aromatic nitrogens is 1. The summed E-state index contributed by atoms with van der Waals surface area (Å²) in [4.78, 5) is 18.4. The maximum absolute atomic E-state index is 12.4. The lowest BCUT2D eigenvalue weighted by Crippen LogP contribution is -2.45. The second-order valence-corrected chi connectivity index (χ2v) is 6.65. The third-order valence-corrected chi connectivity index (χ3v) is 4.91. The Kier molecular flexibility index (Phi) is 5.66. The number of rotatable bonds is 4. The zero-order valence-corrected chi connectivity index (χ0v) is 14.6. The molecule has 1 atom stereocenters. The molecule has 1 aliphatic heterocycles. The third kappa shape index (κ3) is 4.37. The summed E-state index contributed by atoms with van der Waals surface area (Å²) in [6, 6.07) is 12.1. The highest BCUT2D eigenvalue weighted by Gasteiger charge is 2.23. The molecule has 0 radical (unpaired) electrons. The van der Waals surface area contributed by atoms with Crippen LogP contribution in [-0.4, -0.2) is 40.7 Å². The van der Waals surface area contributed by atoms with Crippen molar-refractivity contribution in [3.8, 4) is 11.1 Å². The van der Waals surface area contributed by atoms with Crippen molar-refractivity contribution in [1.82, 2.24) is 15.2 Å². The molecule has 1 unspecified atom stereocenters. The highest BCUT2D eigenvalue weighted by atomic mass is 16.3. The zero-order chi connectivity index (χ0) is 17.6. The normalized spacial score (nSPS) is 16.5. The number of hydrogen-bond donors (Lipinski definition) is 2. The van der Waals surface area contributed by atoms with Crippen LogP contribution in [0.1, 0.15) is 31.4 Å². The fourth-order valence-corrected chi connectivity index (χ4v) is 3.18. The summed E-state index contributed by atoms with van der Waals surface area (Å²) in [7, 11) is 0. The molecule has 1 aromatic heterocycles. The number of nitrogens with one attached hydrogen (secondary N) is 1. The van der Waals surface area contributed by atoms with E-state index in [1.807, 2.05) is 42.3 Å². The fourth-order valence-electron chi connectivity index (χ4n) is 3.18. The van der Waals surface area contributed by atoms with Crippen molar-refractivity contribution in [3.05, 3.63) is 54.4 Å². The van der Waals surface area contributed by atoms with Crippen molar-refractivity contribution in [1.29, 1.82) is 0 Å². The number of piperidine rings is 1. The average Bonchev–Trinajstić information content (AvgIpc) is 2.68. The fraction of sp³-hybridized carbons (Fsp3) is 0.400. The van der Waals surface area contributed by atoms with Gasteiger partial charge >= 0.3 is 6.03 Å². The van der Waals surface area contributed by atoms with Gasteiger partial charge in [-0.2, -0.15) is 0 Å². The van der Waals surface area contributed by atoms with Crippen LogP contribution in [-0.2, 0) is 0 Å². The van der Waals surface area contributed by atoms with Gasteiger partial charge in [0.2, 0.25) is 0 Å². The number of likely N-dealkylation sites (tertiary alicyclic amines) is 1. The summed E-state index contributed by atoms with van der Waals surface area (Å²) >= 11 is 0. The lowest BCUT2D eigenvalue weighted by molar-refractivity contribution is 0.136. The minimum Gasteiger partial charge on any atom is -0.396 e. The first kappa shape index (κ1) is 17.4. The van der Waals surface area contributed by atoms with Gasteiger partial charge in [-0.25, -0.2) is 4.79 Å². The number of carbonyl (C=O) groups excluding carboxylic acids is 1. The first-order chi connectivity index (χ1) is 12.2. The molecule has 5 nitrogen and oxygen atoms in total. The molecular formula is C20H25N3O2. The van der Waals surface area contributed by atoms with Crippen LogP contribution in [0.2, 0.25) is 0 Å². The van der Waals surface area contributed by atoms with Crippen molar-refractivity contribution in [2.45, 2.75) is 25.8 Å². The topological polar surface area (TPSA) is 65.5 Å². The first-order valence-electron chi connectivity index (χ1n) is 8.84. The molecule has 1 saturated heterocycles. The standard InChI is InChI=1S/C20H25N3O2/c1-15(22-20(25)23-11-8-16(14-24)9-12-23)17-4-6-18(7-5-17)19-3-2-10-21-13-19/h2-7,10,13,15-16,24H,8-9,11-12,14H2,1H3,(H,22,25). The van der Waals surface area contributed by atoms with Crippen LogP contribution in [0.3, 0.4) is 0 Å². The number of aliphatic hydroxyl groups is 1. The molecule has 25 heavy (non-hydrogen) atoms. The van der Waals surface area contributed by atoms with Crippen LogP contribution in [0.5, 0.6) is 0 Å². The number of aliphatic hydroxyl groups excluding tert-OH is 1. The number of hydrogen-bond acceptors (Lipinski definition) is 3. The Hall–Kier alpha value is -2.40. The van der Waals surface area contributed by atoms with E-state index >= 15 is 0 Å². The van der Waals surface area contributed by atoms with Gasteiger partial charge in [-0.1, -0.05) is 30.3 Å². The maximum atomic E-state index is 12.4. The molecule has 0 aliphatic carbocycles. The van der Waals surface area contributed by atoms with Crippen molar-refractivity contribution in [2.75, 3.05) is 19.7 Å². The number of pyridine rings is 1. The van der Waals surface area contributed by atoms with E-state index in [1.54, 1.807) is 6.20 Å². The number of urea groups is 1. The average molecular weight is 339 g/mol. The van der Waals surface area contributed by atoms with Crippen LogP contribution < -0.4 is 5.32 Å². The van der Waals surface area contributed by atoms with Gasteiger partial charge in [-0.3, -0.25) is 4.98 Å². The van der Waals surface area contributed by atoms with Crippen molar-refractivity contribution >= 4 is 6.03 Å². The Bertz CT molecular complexity index is 680. The van der Waals surface area contributed by atoms with E-state index < -0.39 is 0 Å².